The highest BCUT2D eigenvalue weighted by molar-refractivity contribution is 5.84. The van der Waals surface area contributed by atoms with Gasteiger partial charge in [-0.15, -0.1) is 0 Å². The molecule has 3 heterocycles. The third kappa shape index (κ3) is 3.99. The second-order valence-electron chi connectivity index (χ2n) is 8.26. The molecule has 2 unspecified atom stereocenters. The molecule has 0 saturated carbocycles. The van der Waals surface area contributed by atoms with Crippen molar-refractivity contribution in [1.82, 2.24) is 15.1 Å². The fourth-order valence-corrected chi connectivity index (χ4v) is 4.79. The van der Waals surface area contributed by atoms with E-state index in [9.17, 15) is 14.0 Å². The van der Waals surface area contributed by atoms with Crippen molar-refractivity contribution in [3.63, 3.8) is 0 Å². The first-order valence-electron chi connectivity index (χ1n) is 10.3. The molecular formula is C21H29FN4O2. The monoisotopic (exact) mass is 388 g/mol. The van der Waals surface area contributed by atoms with Gasteiger partial charge in [0, 0.05) is 51.4 Å². The third-order valence-corrected chi connectivity index (χ3v) is 6.49. The van der Waals surface area contributed by atoms with Crippen LogP contribution in [0, 0.1) is 11.2 Å². The molecule has 1 aromatic carbocycles. The topological polar surface area (TPSA) is 55.9 Å². The van der Waals surface area contributed by atoms with Gasteiger partial charge in [0.05, 0.1) is 5.41 Å². The number of nitrogens with one attached hydrogen (secondary N) is 1. The number of fused-ring (bicyclic) bond motifs is 2. The van der Waals surface area contributed by atoms with Gasteiger partial charge in [-0.1, -0.05) is 0 Å². The van der Waals surface area contributed by atoms with E-state index in [0.717, 1.165) is 57.7 Å². The van der Waals surface area contributed by atoms with E-state index in [0.29, 0.717) is 26.1 Å². The molecular weight excluding hydrogens is 359 g/mol. The fraction of sp³-hybridized carbons (Fsp3) is 0.619. The van der Waals surface area contributed by atoms with Gasteiger partial charge >= 0.3 is 0 Å². The van der Waals surface area contributed by atoms with Crippen molar-refractivity contribution >= 4 is 17.5 Å². The van der Waals surface area contributed by atoms with Crippen LogP contribution in [0.1, 0.15) is 25.7 Å². The third-order valence-electron chi connectivity index (χ3n) is 6.49. The molecule has 1 N–H and O–H groups in total. The van der Waals surface area contributed by atoms with Crippen LogP contribution in [0.3, 0.4) is 0 Å². The minimum atomic E-state index is -0.238. The Balaban J connectivity index is 1.20. The number of benzene rings is 1. The minimum Gasteiger partial charge on any atom is -0.368 e. The Morgan fingerprint density at radius 1 is 1.00 bits per heavy atom. The Bertz CT molecular complexity index is 714. The summed E-state index contributed by atoms with van der Waals surface area (Å²) in [5.41, 5.74) is 0.764. The van der Waals surface area contributed by atoms with Crippen LogP contribution >= 0.6 is 0 Å². The van der Waals surface area contributed by atoms with Crippen LogP contribution in [0.4, 0.5) is 10.1 Å². The maximum absolute atomic E-state index is 13.1. The smallest absolute Gasteiger partial charge is 0.227 e. The van der Waals surface area contributed by atoms with Crippen molar-refractivity contribution < 1.29 is 14.0 Å². The standard InChI is InChI=1S/C21H29FN4O2/c22-17-2-4-18(5-3-17)25-12-14-26(15-13-25)19(27)6-9-23-20(28)21-7-1-10-24(16-21)11-8-21/h2-5H,1,6-16H2,(H,23,28). The Labute approximate surface area is 165 Å². The first-order chi connectivity index (χ1) is 13.6. The molecule has 2 bridgehead atoms. The van der Waals surface area contributed by atoms with Gasteiger partial charge in [0.2, 0.25) is 11.8 Å². The molecule has 3 fully saturated rings. The van der Waals surface area contributed by atoms with Crippen molar-refractivity contribution in [2.24, 2.45) is 5.41 Å². The van der Waals surface area contributed by atoms with Gasteiger partial charge < -0.3 is 20.0 Å². The SMILES string of the molecule is O=C(CCNC(=O)C12CCCN(CC1)C2)N1CCN(c2ccc(F)cc2)CC1. The van der Waals surface area contributed by atoms with E-state index in [4.69, 9.17) is 0 Å². The average Bonchev–Trinajstić information content (AvgIpc) is 3.03. The molecule has 2 atom stereocenters. The van der Waals surface area contributed by atoms with Crippen LogP contribution in [-0.2, 0) is 9.59 Å². The molecule has 0 spiro atoms. The zero-order valence-electron chi connectivity index (χ0n) is 16.3. The van der Waals surface area contributed by atoms with E-state index in [1.165, 1.54) is 12.1 Å². The van der Waals surface area contributed by atoms with Gasteiger partial charge in [-0.3, -0.25) is 9.59 Å². The number of hydrogen-bond donors (Lipinski definition) is 1. The zero-order chi connectivity index (χ0) is 19.6. The lowest BCUT2D eigenvalue weighted by atomic mass is 9.80. The largest absolute Gasteiger partial charge is 0.368 e. The molecule has 3 aliphatic heterocycles. The summed E-state index contributed by atoms with van der Waals surface area (Å²) in [5, 5.41) is 3.02. The molecule has 0 radical (unpaired) electrons. The molecule has 2 amide bonds. The summed E-state index contributed by atoms with van der Waals surface area (Å²) >= 11 is 0. The summed E-state index contributed by atoms with van der Waals surface area (Å²) in [6, 6.07) is 6.48. The highest BCUT2D eigenvalue weighted by atomic mass is 19.1. The summed E-state index contributed by atoms with van der Waals surface area (Å²) in [5.74, 6) is -0.0189. The molecule has 4 rings (SSSR count). The lowest BCUT2D eigenvalue weighted by Crippen LogP contribution is -2.50. The number of halogens is 1. The summed E-state index contributed by atoms with van der Waals surface area (Å²) in [4.78, 5) is 31.6. The second-order valence-corrected chi connectivity index (χ2v) is 8.26. The molecule has 0 aromatic heterocycles. The van der Waals surface area contributed by atoms with E-state index < -0.39 is 0 Å². The molecule has 1 aromatic rings. The van der Waals surface area contributed by atoms with Crippen molar-refractivity contribution in [3.8, 4) is 0 Å². The maximum Gasteiger partial charge on any atom is 0.227 e. The number of anilines is 1. The molecule has 3 aliphatic rings. The number of carbonyl (C=O) groups is 2. The lowest BCUT2D eigenvalue weighted by Gasteiger charge is -2.36. The quantitative estimate of drug-likeness (QED) is 0.830. The first kappa shape index (κ1) is 19.2. The highest BCUT2D eigenvalue weighted by Crippen LogP contribution is 2.39. The predicted octanol–water partition coefficient (Wildman–Crippen LogP) is 1.47. The van der Waals surface area contributed by atoms with Gasteiger partial charge in [-0.25, -0.2) is 4.39 Å². The number of rotatable bonds is 5. The van der Waals surface area contributed by atoms with E-state index in [-0.39, 0.29) is 23.0 Å². The zero-order valence-corrected chi connectivity index (χ0v) is 16.3. The minimum absolute atomic E-state index is 0.0910. The Morgan fingerprint density at radius 2 is 1.75 bits per heavy atom. The van der Waals surface area contributed by atoms with Gasteiger partial charge in [0.15, 0.2) is 0 Å². The molecule has 152 valence electrons. The van der Waals surface area contributed by atoms with E-state index in [1.54, 1.807) is 12.1 Å². The molecule has 28 heavy (non-hydrogen) atoms. The Hall–Kier alpha value is -2.15. The number of carbonyl (C=O) groups excluding carboxylic acids is 2. The maximum atomic E-state index is 13.1. The van der Waals surface area contributed by atoms with E-state index in [2.05, 4.69) is 15.1 Å². The van der Waals surface area contributed by atoms with Gasteiger partial charge in [0.1, 0.15) is 5.82 Å². The molecule has 0 aliphatic carbocycles. The highest BCUT2D eigenvalue weighted by Gasteiger charge is 2.46. The van der Waals surface area contributed by atoms with Crippen molar-refractivity contribution in [2.75, 3.05) is 57.3 Å². The van der Waals surface area contributed by atoms with E-state index in [1.807, 2.05) is 4.90 Å². The lowest BCUT2D eigenvalue weighted by molar-refractivity contribution is -0.133. The van der Waals surface area contributed by atoms with Crippen LogP contribution in [-0.4, -0.2) is 74.0 Å². The predicted molar refractivity (Wildman–Crippen MR) is 106 cm³/mol. The number of nitrogens with zero attached hydrogens (tertiary/aromatic N) is 3. The number of piperidine rings is 1. The fourth-order valence-electron chi connectivity index (χ4n) is 4.79. The van der Waals surface area contributed by atoms with Gasteiger partial charge in [-0.2, -0.15) is 0 Å². The second kappa shape index (κ2) is 8.07. The number of piperazine rings is 1. The summed E-state index contributed by atoms with van der Waals surface area (Å²) in [6.45, 7) is 6.20. The van der Waals surface area contributed by atoms with Crippen molar-refractivity contribution in [3.05, 3.63) is 30.1 Å². The van der Waals surface area contributed by atoms with Crippen LogP contribution in [0.15, 0.2) is 24.3 Å². The van der Waals surface area contributed by atoms with Crippen LogP contribution in [0.2, 0.25) is 0 Å². The van der Waals surface area contributed by atoms with Crippen LogP contribution in [0.25, 0.3) is 0 Å². The Morgan fingerprint density at radius 3 is 2.50 bits per heavy atom. The first-order valence-corrected chi connectivity index (χ1v) is 10.3. The summed E-state index contributed by atoms with van der Waals surface area (Å²) in [6.07, 6.45) is 3.35. The average molecular weight is 388 g/mol. The van der Waals surface area contributed by atoms with Crippen molar-refractivity contribution in [2.45, 2.75) is 25.7 Å². The summed E-state index contributed by atoms with van der Waals surface area (Å²) in [7, 11) is 0. The van der Waals surface area contributed by atoms with Crippen molar-refractivity contribution in [1.29, 1.82) is 0 Å². The van der Waals surface area contributed by atoms with Crippen LogP contribution in [0.5, 0.6) is 0 Å². The summed E-state index contributed by atoms with van der Waals surface area (Å²) < 4.78 is 13.1. The van der Waals surface area contributed by atoms with Gasteiger partial charge in [0.25, 0.3) is 0 Å². The molecule has 7 heteroatoms. The van der Waals surface area contributed by atoms with E-state index >= 15 is 0 Å². The van der Waals surface area contributed by atoms with Gasteiger partial charge in [-0.05, 0) is 56.6 Å². The number of amides is 2. The molecule has 3 saturated heterocycles. The Kier molecular flexibility index (Phi) is 5.53. The van der Waals surface area contributed by atoms with Crippen LogP contribution < -0.4 is 10.2 Å². The number of hydrogen-bond acceptors (Lipinski definition) is 4. The normalized spacial score (nSPS) is 27.0. The molecule has 6 nitrogen and oxygen atoms in total.